The molecule has 5 rings (SSSR count). The van der Waals surface area contributed by atoms with E-state index in [1.807, 2.05) is 60.7 Å². The van der Waals surface area contributed by atoms with E-state index in [0.29, 0.717) is 25.4 Å². The fourth-order valence-electron chi connectivity index (χ4n) is 4.18. The summed E-state index contributed by atoms with van der Waals surface area (Å²) in [5, 5.41) is 4.41. The molecule has 3 aromatic carbocycles. The van der Waals surface area contributed by atoms with Crippen LogP contribution in [0, 0.1) is 0 Å². The molecule has 3 N–H and O–H groups in total. The van der Waals surface area contributed by atoms with E-state index in [1.54, 1.807) is 11.1 Å². The van der Waals surface area contributed by atoms with Crippen LogP contribution in [-0.4, -0.2) is 42.2 Å². The van der Waals surface area contributed by atoms with Crippen LogP contribution in [0.15, 0.2) is 83.5 Å². The van der Waals surface area contributed by atoms with E-state index in [9.17, 15) is 4.79 Å². The maximum atomic E-state index is 12.4. The maximum absolute atomic E-state index is 12.4. The average molecular weight is 532 g/mol. The van der Waals surface area contributed by atoms with Crippen molar-refractivity contribution in [3.05, 3.63) is 89.0 Å². The number of hydrogen-bond donors (Lipinski definition) is 2. The summed E-state index contributed by atoms with van der Waals surface area (Å²) in [6.45, 7) is 3.05. The minimum atomic E-state index is -0.262. The molecule has 8 heteroatoms. The standard InChI is InChI=1S/C27H26BrN5O2/c28-20-6-11-25-23(16-20)26(24(29)17-30-25)31-21-7-9-22(10-8-21)32-12-14-33(15-13-32)27(34)35-18-19-4-2-1-3-5-19/h1-11,16-17H,12-15,18,29H2,(H,30,31). The van der Waals surface area contributed by atoms with Gasteiger partial charge in [0.1, 0.15) is 6.61 Å². The number of carbonyl (C=O) groups is 1. The van der Waals surface area contributed by atoms with E-state index in [4.69, 9.17) is 10.5 Å². The molecule has 1 fully saturated rings. The Bertz CT molecular complexity index is 1320. The number of anilines is 4. The van der Waals surface area contributed by atoms with Crippen LogP contribution in [0.4, 0.5) is 27.5 Å². The summed E-state index contributed by atoms with van der Waals surface area (Å²) in [6, 6.07) is 23.9. The number of nitrogens with one attached hydrogen (secondary N) is 1. The second-order valence-electron chi connectivity index (χ2n) is 8.44. The summed E-state index contributed by atoms with van der Waals surface area (Å²) in [4.78, 5) is 20.9. The van der Waals surface area contributed by atoms with Crippen molar-refractivity contribution in [2.75, 3.05) is 42.1 Å². The normalized spacial score (nSPS) is 13.6. The van der Waals surface area contributed by atoms with Gasteiger partial charge in [-0.25, -0.2) is 4.79 Å². The number of hydrogen-bond acceptors (Lipinski definition) is 6. The molecule has 1 aliphatic heterocycles. The molecule has 4 aromatic rings. The van der Waals surface area contributed by atoms with Crippen molar-refractivity contribution < 1.29 is 9.53 Å². The lowest BCUT2D eigenvalue weighted by Gasteiger charge is -2.35. The highest BCUT2D eigenvalue weighted by molar-refractivity contribution is 9.10. The highest BCUT2D eigenvalue weighted by atomic mass is 79.9. The summed E-state index contributed by atoms with van der Waals surface area (Å²) >= 11 is 3.53. The van der Waals surface area contributed by atoms with E-state index in [2.05, 4.69) is 43.3 Å². The van der Waals surface area contributed by atoms with E-state index in [0.717, 1.165) is 51.1 Å². The fraction of sp³-hybridized carbons (Fsp3) is 0.185. The third-order valence-corrected chi connectivity index (χ3v) is 6.60. The van der Waals surface area contributed by atoms with Crippen LogP contribution < -0.4 is 16.0 Å². The van der Waals surface area contributed by atoms with Crippen molar-refractivity contribution in [2.24, 2.45) is 0 Å². The smallest absolute Gasteiger partial charge is 0.410 e. The fourth-order valence-corrected chi connectivity index (χ4v) is 4.54. The highest BCUT2D eigenvalue weighted by Crippen LogP contribution is 2.33. The Labute approximate surface area is 212 Å². The first-order valence-electron chi connectivity index (χ1n) is 11.5. The molecule has 0 saturated carbocycles. The number of amides is 1. The van der Waals surface area contributed by atoms with Crippen molar-refractivity contribution in [2.45, 2.75) is 6.61 Å². The van der Waals surface area contributed by atoms with Crippen molar-refractivity contribution >= 4 is 55.7 Å². The molecule has 178 valence electrons. The first kappa shape index (κ1) is 23.0. The predicted molar refractivity (Wildman–Crippen MR) is 144 cm³/mol. The molecule has 0 bridgehead atoms. The van der Waals surface area contributed by atoms with Gasteiger partial charge in [-0.05, 0) is 48.0 Å². The summed E-state index contributed by atoms with van der Waals surface area (Å²) in [6.07, 6.45) is 1.42. The van der Waals surface area contributed by atoms with Gasteiger partial charge in [0.15, 0.2) is 0 Å². The predicted octanol–water partition coefficient (Wildman–Crippen LogP) is 5.78. The second kappa shape index (κ2) is 10.2. The lowest BCUT2D eigenvalue weighted by Crippen LogP contribution is -2.48. The van der Waals surface area contributed by atoms with Gasteiger partial charge in [0.2, 0.25) is 0 Å². The molecule has 7 nitrogen and oxygen atoms in total. The Hall–Kier alpha value is -3.78. The topological polar surface area (TPSA) is 83.7 Å². The number of nitrogen functional groups attached to an aromatic ring is 1. The lowest BCUT2D eigenvalue weighted by atomic mass is 10.1. The first-order valence-corrected chi connectivity index (χ1v) is 12.3. The molecule has 0 unspecified atom stereocenters. The monoisotopic (exact) mass is 531 g/mol. The number of benzene rings is 3. The number of pyridine rings is 1. The minimum Gasteiger partial charge on any atom is -0.445 e. The highest BCUT2D eigenvalue weighted by Gasteiger charge is 2.22. The largest absolute Gasteiger partial charge is 0.445 e. The molecule has 0 radical (unpaired) electrons. The Morgan fingerprint density at radius 2 is 1.74 bits per heavy atom. The molecule has 0 spiro atoms. The second-order valence-corrected chi connectivity index (χ2v) is 9.35. The van der Waals surface area contributed by atoms with Crippen molar-refractivity contribution in [1.82, 2.24) is 9.88 Å². The molecule has 2 heterocycles. The molecule has 0 atom stereocenters. The molecule has 1 aliphatic rings. The summed E-state index contributed by atoms with van der Waals surface area (Å²) in [7, 11) is 0. The van der Waals surface area contributed by atoms with Crippen molar-refractivity contribution in [1.29, 1.82) is 0 Å². The van der Waals surface area contributed by atoms with Gasteiger partial charge in [0.25, 0.3) is 0 Å². The number of rotatable bonds is 5. The van der Waals surface area contributed by atoms with Crippen LogP contribution in [0.1, 0.15) is 5.56 Å². The number of halogens is 1. The average Bonchev–Trinajstić information content (AvgIpc) is 2.90. The molecule has 1 aromatic heterocycles. The van der Waals surface area contributed by atoms with Gasteiger partial charge in [-0.1, -0.05) is 46.3 Å². The Kier molecular flexibility index (Phi) is 6.72. The number of ether oxygens (including phenoxy) is 1. The zero-order valence-electron chi connectivity index (χ0n) is 19.2. The van der Waals surface area contributed by atoms with Crippen molar-refractivity contribution in [3.8, 4) is 0 Å². The zero-order chi connectivity index (χ0) is 24.2. The number of fused-ring (bicyclic) bond motifs is 1. The number of aromatic nitrogens is 1. The molecular formula is C27H26BrN5O2. The minimum absolute atomic E-state index is 0.262. The third kappa shape index (κ3) is 5.33. The molecule has 1 amide bonds. The van der Waals surface area contributed by atoms with E-state index in [1.165, 1.54) is 0 Å². The van der Waals surface area contributed by atoms with Crippen LogP contribution in [0.25, 0.3) is 10.9 Å². The van der Waals surface area contributed by atoms with Crippen LogP contribution >= 0.6 is 15.9 Å². The molecule has 0 aliphatic carbocycles. The molecular weight excluding hydrogens is 506 g/mol. The maximum Gasteiger partial charge on any atom is 0.410 e. The number of nitrogens with two attached hydrogens (primary N) is 1. The Balaban J connectivity index is 1.19. The van der Waals surface area contributed by atoms with Gasteiger partial charge in [-0.15, -0.1) is 0 Å². The van der Waals surface area contributed by atoms with Gasteiger partial charge in [-0.3, -0.25) is 4.98 Å². The Morgan fingerprint density at radius 1 is 1.00 bits per heavy atom. The van der Waals surface area contributed by atoms with Gasteiger partial charge in [0, 0.05) is 47.4 Å². The number of carbonyl (C=O) groups excluding carboxylic acids is 1. The Morgan fingerprint density at radius 3 is 2.49 bits per heavy atom. The SMILES string of the molecule is Nc1cnc2ccc(Br)cc2c1Nc1ccc(N2CCN(C(=O)OCc3ccccc3)CC2)cc1. The summed E-state index contributed by atoms with van der Waals surface area (Å²) in [5.74, 6) is 0. The molecule has 1 saturated heterocycles. The third-order valence-electron chi connectivity index (χ3n) is 6.10. The zero-order valence-corrected chi connectivity index (χ0v) is 20.7. The summed E-state index contributed by atoms with van der Waals surface area (Å²) < 4.78 is 6.44. The van der Waals surface area contributed by atoms with Crippen LogP contribution in [0.2, 0.25) is 0 Å². The summed E-state index contributed by atoms with van der Waals surface area (Å²) in [5.41, 5.74) is 11.6. The first-order chi connectivity index (χ1) is 17.1. The lowest BCUT2D eigenvalue weighted by molar-refractivity contribution is 0.0942. The molecule has 35 heavy (non-hydrogen) atoms. The van der Waals surface area contributed by atoms with E-state index < -0.39 is 0 Å². The van der Waals surface area contributed by atoms with E-state index in [-0.39, 0.29) is 6.09 Å². The quantitative estimate of drug-likeness (QED) is 0.339. The van der Waals surface area contributed by atoms with Crippen molar-refractivity contribution in [3.63, 3.8) is 0 Å². The van der Waals surface area contributed by atoms with Gasteiger partial charge in [-0.2, -0.15) is 0 Å². The van der Waals surface area contributed by atoms with Crippen LogP contribution in [0.5, 0.6) is 0 Å². The van der Waals surface area contributed by atoms with E-state index >= 15 is 0 Å². The number of piperazine rings is 1. The number of nitrogens with zero attached hydrogens (tertiary/aromatic N) is 3. The van der Waals surface area contributed by atoms with Gasteiger partial charge >= 0.3 is 6.09 Å². The van der Waals surface area contributed by atoms with Gasteiger partial charge < -0.3 is 25.6 Å². The van der Waals surface area contributed by atoms with Crippen LogP contribution in [-0.2, 0) is 11.3 Å². The van der Waals surface area contributed by atoms with Gasteiger partial charge in [0.05, 0.1) is 23.1 Å². The van der Waals surface area contributed by atoms with Crippen LogP contribution in [0.3, 0.4) is 0 Å².